The van der Waals surface area contributed by atoms with Crippen molar-refractivity contribution in [1.82, 2.24) is 4.90 Å². The molecule has 2 aliphatic rings. The zero-order valence-electron chi connectivity index (χ0n) is 16.1. The van der Waals surface area contributed by atoms with Crippen LogP contribution in [0.3, 0.4) is 0 Å². The van der Waals surface area contributed by atoms with Crippen LogP contribution < -0.4 is 19.3 Å². The number of fused-ring (bicyclic) bond motifs is 1. The zero-order valence-corrected chi connectivity index (χ0v) is 16.9. The van der Waals surface area contributed by atoms with Gasteiger partial charge in [0.25, 0.3) is 0 Å². The highest BCUT2D eigenvalue weighted by atomic mass is 35.5. The smallest absolute Gasteiger partial charge is 0.331 e. The Balaban J connectivity index is 1.41. The Morgan fingerprint density at radius 2 is 1.86 bits per heavy atom. The molecule has 0 radical (unpaired) electrons. The molecule has 0 saturated carbocycles. The molecule has 0 atom stereocenters. The lowest BCUT2D eigenvalue weighted by Gasteiger charge is -2.38. The number of esters is 1. The number of nitrogens with zero attached hydrogens (tertiary/aromatic N) is 3. The van der Waals surface area contributed by atoms with Crippen molar-refractivity contribution in [3.8, 4) is 11.5 Å². The number of ether oxygens (including phenoxy) is 2. The first-order chi connectivity index (χ1) is 14.0. The molecule has 0 aliphatic carbocycles. The van der Waals surface area contributed by atoms with Crippen LogP contribution in [-0.2, 0) is 9.59 Å². The molecular formula is C21H22ClN3O4. The number of rotatable bonds is 4. The second kappa shape index (κ2) is 8.21. The van der Waals surface area contributed by atoms with Gasteiger partial charge in [0, 0.05) is 31.2 Å². The van der Waals surface area contributed by atoms with Gasteiger partial charge >= 0.3 is 5.97 Å². The number of benzene rings is 2. The van der Waals surface area contributed by atoms with E-state index < -0.39 is 0 Å². The van der Waals surface area contributed by atoms with Crippen LogP contribution in [0.5, 0.6) is 11.5 Å². The first kappa shape index (κ1) is 19.4. The Hall–Kier alpha value is -2.93. The standard InChI is InChI=1S/C21H22ClN3O4/c1-28-18-5-3-2-4-16(18)23-8-10-24(11-9-23)20(26)13-25-14-21(27)29-19-7-6-15(22)12-17(19)25/h2-7,12H,8-11,13-14H2,1H3. The fraction of sp³-hybridized carbons (Fsp3) is 0.333. The predicted molar refractivity (Wildman–Crippen MR) is 111 cm³/mol. The molecule has 0 N–H and O–H groups in total. The Morgan fingerprint density at radius 3 is 2.62 bits per heavy atom. The highest BCUT2D eigenvalue weighted by Gasteiger charge is 2.29. The van der Waals surface area contributed by atoms with Crippen molar-refractivity contribution in [3.05, 3.63) is 47.5 Å². The highest BCUT2D eigenvalue weighted by Crippen LogP contribution is 2.34. The third-order valence-electron chi connectivity index (χ3n) is 5.19. The van der Waals surface area contributed by atoms with Gasteiger partial charge in [0.1, 0.15) is 12.3 Å². The van der Waals surface area contributed by atoms with Gasteiger partial charge in [-0.25, -0.2) is 4.79 Å². The van der Waals surface area contributed by atoms with Gasteiger partial charge in [0.15, 0.2) is 5.75 Å². The molecule has 8 heteroatoms. The molecule has 2 aromatic carbocycles. The van der Waals surface area contributed by atoms with E-state index in [0.717, 1.165) is 24.5 Å². The van der Waals surface area contributed by atoms with Crippen LogP contribution >= 0.6 is 11.6 Å². The number of hydrogen-bond acceptors (Lipinski definition) is 6. The van der Waals surface area contributed by atoms with Gasteiger partial charge in [-0.3, -0.25) is 4.79 Å². The van der Waals surface area contributed by atoms with Gasteiger partial charge in [-0.05, 0) is 30.3 Å². The summed E-state index contributed by atoms with van der Waals surface area (Å²) < 4.78 is 10.7. The quantitative estimate of drug-likeness (QED) is 0.564. The number of amides is 1. The van der Waals surface area contributed by atoms with Crippen LogP contribution in [0.25, 0.3) is 0 Å². The first-order valence-electron chi connectivity index (χ1n) is 9.46. The lowest BCUT2D eigenvalue weighted by molar-refractivity contribution is -0.133. The van der Waals surface area contributed by atoms with Crippen molar-refractivity contribution in [1.29, 1.82) is 0 Å². The van der Waals surface area contributed by atoms with Gasteiger partial charge < -0.3 is 24.2 Å². The van der Waals surface area contributed by atoms with E-state index in [1.165, 1.54) is 0 Å². The van der Waals surface area contributed by atoms with Gasteiger partial charge in [0.2, 0.25) is 5.91 Å². The maximum atomic E-state index is 12.9. The van der Waals surface area contributed by atoms with Crippen molar-refractivity contribution in [2.75, 3.05) is 56.2 Å². The number of carbonyl (C=O) groups is 2. The Bertz CT molecular complexity index is 928. The summed E-state index contributed by atoms with van der Waals surface area (Å²) in [6.07, 6.45) is 0. The first-order valence-corrected chi connectivity index (χ1v) is 9.84. The van der Waals surface area contributed by atoms with Crippen LogP contribution in [0, 0.1) is 0 Å². The van der Waals surface area contributed by atoms with Crippen LogP contribution in [0.2, 0.25) is 5.02 Å². The van der Waals surface area contributed by atoms with Crippen molar-refractivity contribution in [2.24, 2.45) is 0 Å². The minimum absolute atomic E-state index is 0.0229. The summed E-state index contributed by atoms with van der Waals surface area (Å²) in [5.74, 6) is 0.853. The molecule has 2 heterocycles. The van der Waals surface area contributed by atoms with E-state index in [9.17, 15) is 9.59 Å². The van der Waals surface area contributed by atoms with Gasteiger partial charge in [-0.15, -0.1) is 0 Å². The number of methoxy groups -OCH3 is 1. The minimum Gasteiger partial charge on any atom is -0.495 e. The summed E-state index contributed by atoms with van der Waals surface area (Å²) >= 11 is 6.08. The number of hydrogen-bond donors (Lipinski definition) is 0. The summed E-state index contributed by atoms with van der Waals surface area (Å²) in [7, 11) is 1.66. The SMILES string of the molecule is COc1ccccc1N1CCN(C(=O)CN2CC(=O)Oc3ccc(Cl)cc32)CC1. The Morgan fingerprint density at radius 1 is 1.10 bits per heavy atom. The molecular weight excluding hydrogens is 394 g/mol. The average molecular weight is 416 g/mol. The fourth-order valence-corrected chi connectivity index (χ4v) is 3.88. The highest BCUT2D eigenvalue weighted by molar-refractivity contribution is 6.31. The van der Waals surface area contributed by atoms with Gasteiger partial charge in [-0.2, -0.15) is 0 Å². The Labute approximate surface area is 174 Å². The van der Waals surface area contributed by atoms with Crippen molar-refractivity contribution >= 4 is 34.9 Å². The molecule has 4 rings (SSSR count). The molecule has 0 bridgehead atoms. The van der Waals surface area contributed by atoms with E-state index in [2.05, 4.69) is 4.90 Å². The molecule has 1 saturated heterocycles. The number of piperazine rings is 1. The van der Waals surface area contributed by atoms with E-state index in [0.29, 0.717) is 29.5 Å². The number of anilines is 2. The van der Waals surface area contributed by atoms with Gasteiger partial charge in [0.05, 0.1) is 25.0 Å². The topological polar surface area (TPSA) is 62.3 Å². The fourth-order valence-electron chi connectivity index (χ4n) is 3.71. The van der Waals surface area contributed by atoms with E-state index >= 15 is 0 Å². The van der Waals surface area contributed by atoms with Crippen molar-refractivity contribution in [2.45, 2.75) is 0 Å². The molecule has 2 aromatic rings. The number of carbonyl (C=O) groups excluding carboxylic acids is 2. The molecule has 1 fully saturated rings. The lowest BCUT2D eigenvalue weighted by atomic mass is 10.2. The maximum absolute atomic E-state index is 12.9. The molecule has 0 aromatic heterocycles. The zero-order chi connectivity index (χ0) is 20.4. The second-order valence-electron chi connectivity index (χ2n) is 6.98. The van der Waals surface area contributed by atoms with Crippen LogP contribution in [-0.4, -0.2) is 63.2 Å². The van der Waals surface area contributed by atoms with Gasteiger partial charge in [-0.1, -0.05) is 23.7 Å². The molecule has 0 unspecified atom stereocenters. The predicted octanol–water partition coefficient (Wildman–Crippen LogP) is 2.42. The molecule has 7 nitrogen and oxygen atoms in total. The molecule has 1 amide bonds. The number of para-hydroxylation sites is 2. The summed E-state index contributed by atoms with van der Waals surface area (Å²) in [6, 6.07) is 12.9. The molecule has 152 valence electrons. The summed E-state index contributed by atoms with van der Waals surface area (Å²) in [5, 5.41) is 0.532. The molecule has 2 aliphatic heterocycles. The minimum atomic E-state index is -0.381. The summed E-state index contributed by atoms with van der Waals surface area (Å²) in [6.45, 7) is 2.79. The normalized spacial score (nSPS) is 16.3. The summed E-state index contributed by atoms with van der Waals surface area (Å²) in [5.41, 5.74) is 1.70. The van der Waals surface area contributed by atoms with E-state index in [-0.39, 0.29) is 25.0 Å². The average Bonchev–Trinajstić information content (AvgIpc) is 2.74. The van der Waals surface area contributed by atoms with E-state index in [4.69, 9.17) is 21.1 Å². The van der Waals surface area contributed by atoms with E-state index in [1.807, 2.05) is 29.2 Å². The van der Waals surface area contributed by atoms with Crippen LogP contribution in [0.4, 0.5) is 11.4 Å². The Kier molecular flexibility index (Phi) is 5.49. The number of halogens is 1. The van der Waals surface area contributed by atoms with Crippen molar-refractivity contribution < 1.29 is 19.1 Å². The summed E-state index contributed by atoms with van der Waals surface area (Å²) in [4.78, 5) is 30.6. The lowest BCUT2D eigenvalue weighted by Crippen LogP contribution is -2.52. The van der Waals surface area contributed by atoms with Crippen molar-refractivity contribution in [3.63, 3.8) is 0 Å². The van der Waals surface area contributed by atoms with Crippen LogP contribution in [0.1, 0.15) is 0 Å². The largest absolute Gasteiger partial charge is 0.495 e. The maximum Gasteiger partial charge on any atom is 0.331 e. The monoisotopic (exact) mass is 415 g/mol. The molecule has 29 heavy (non-hydrogen) atoms. The van der Waals surface area contributed by atoms with Crippen LogP contribution in [0.15, 0.2) is 42.5 Å². The third-order valence-corrected chi connectivity index (χ3v) is 5.42. The third kappa shape index (κ3) is 4.10. The second-order valence-corrected chi connectivity index (χ2v) is 7.42. The molecule has 0 spiro atoms. The van der Waals surface area contributed by atoms with E-state index in [1.54, 1.807) is 30.2 Å².